The van der Waals surface area contributed by atoms with Crippen LogP contribution in [0.4, 0.5) is 0 Å². The van der Waals surface area contributed by atoms with E-state index in [1.807, 2.05) is 12.1 Å². The molecule has 0 radical (unpaired) electrons. The third-order valence-electron chi connectivity index (χ3n) is 2.47. The second-order valence-electron chi connectivity index (χ2n) is 4.05. The molecule has 0 aromatic heterocycles. The fraction of sp³-hybridized carbons (Fsp3) is 0.385. The zero-order valence-corrected chi connectivity index (χ0v) is 10.7. The Morgan fingerprint density at radius 2 is 2.06 bits per heavy atom. The van der Waals surface area contributed by atoms with Crippen molar-refractivity contribution in [2.75, 3.05) is 13.6 Å². The molecule has 1 aromatic rings. The van der Waals surface area contributed by atoms with Crippen LogP contribution in [0, 0.1) is 17.2 Å². The topological polar surface area (TPSA) is 44.1 Å². The number of carbonyl (C=O) groups is 1. The maximum atomic E-state index is 12.0. The monoisotopic (exact) mass is 250 g/mol. The van der Waals surface area contributed by atoms with E-state index in [4.69, 9.17) is 16.9 Å². The molecule has 0 saturated carbocycles. The zero-order chi connectivity index (χ0) is 12.8. The van der Waals surface area contributed by atoms with Crippen molar-refractivity contribution in [3.05, 3.63) is 35.4 Å². The highest BCUT2D eigenvalue weighted by Crippen LogP contribution is 2.09. The van der Waals surface area contributed by atoms with Gasteiger partial charge < -0.3 is 4.90 Å². The fourth-order valence-electron chi connectivity index (χ4n) is 1.49. The van der Waals surface area contributed by atoms with E-state index < -0.39 is 0 Å². The number of rotatable bonds is 4. The predicted molar refractivity (Wildman–Crippen MR) is 67.7 cm³/mol. The average Bonchev–Trinajstić information content (AvgIpc) is 2.37. The van der Waals surface area contributed by atoms with Gasteiger partial charge in [-0.3, -0.25) is 4.79 Å². The van der Waals surface area contributed by atoms with Gasteiger partial charge in [-0.05, 0) is 24.6 Å². The Labute approximate surface area is 107 Å². The summed E-state index contributed by atoms with van der Waals surface area (Å²) in [5, 5.41) is 8.70. The first-order chi connectivity index (χ1) is 8.08. The first-order valence-corrected chi connectivity index (χ1v) is 5.92. The maximum Gasteiger partial charge on any atom is 0.253 e. The average molecular weight is 251 g/mol. The fourth-order valence-corrected chi connectivity index (χ4v) is 1.67. The normalized spacial score (nSPS) is 11.6. The van der Waals surface area contributed by atoms with Crippen molar-refractivity contribution >= 4 is 17.5 Å². The smallest absolute Gasteiger partial charge is 0.253 e. The molecule has 90 valence electrons. The van der Waals surface area contributed by atoms with Crippen molar-refractivity contribution < 1.29 is 4.79 Å². The molecule has 0 heterocycles. The lowest BCUT2D eigenvalue weighted by atomic mass is 10.1. The molecule has 0 bridgehead atoms. The molecule has 0 spiro atoms. The molecule has 4 heteroatoms. The minimum absolute atomic E-state index is 0.0757. The van der Waals surface area contributed by atoms with Crippen molar-refractivity contribution in [1.82, 2.24) is 4.90 Å². The predicted octanol–water partition coefficient (Wildman–Crippen LogP) is 2.66. The van der Waals surface area contributed by atoms with E-state index in [0.717, 1.165) is 5.56 Å². The first kappa shape index (κ1) is 13.5. The molecule has 0 aliphatic rings. The minimum Gasteiger partial charge on any atom is -0.340 e. The molecule has 0 N–H and O–H groups in total. The third kappa shape index (κ3) is 3.76. The van der Waals surface area contributed by atoms with E-state index in [1.165, 1.54) is 0 Å². The highest BCUT2D eigenvalue weighted by atomic mass is 35.5. The van der Waals surface area contributed by atoms with Gasteiger partial charge in [0.25, 0.3) is 5.91 Å². The maximum absolute atomic E-state index is 12.0. The Morgan fingerprint density at radius 1 is 1.47 bits per heavy atom. The quantitative estimate of drug-likeness (QED) is 0.771. The van der Waals surface area contributed by atoms with Crippen molar-refractivity contribution in [2.45, 2.75) is 12.8 Å². The number of halogens is 1. The number of nitrogens with zero attached hydrogens (tertiary/aromatic N) is 2. The molecule has 0 aliphatic carbocycles. The van der Waals surface area contributed by atoms with E-state index in [2.05, 4.69) is 6.07 Å². The third-order valence-corrected chi connectivity index (χ3v) is 2.78. The Bertz CT molecular complexity index is 422. The summed E-state index contributed by atoms with van der Waals surface area (Å²) in [6.07, 6.45) is 0. The van der Waals surface area contributed by atoms with Crippen LogP contribution in [0.3, 0.4) is 0 Å². The van der Waals surface area contributed by atoms with E-state index in [9.17, 15) is 4.79 Å². The molecule has 1 atom stereocenters. The number of nitriles is 1. The van der Waals surface area contributed by atoms with Gasteiger partial charge in [0, 0.05) is 25.0 Å². The van der Waals surface area contributed by atoms with Crippen LogP contribution in [0.25, 0.3) is 0 Å². The van der Waals surface area contributed by atoms with E-state index in [1.54, 1.807) is 31.0 Å². The summed E-state index contributed by atoms with van der Waals surface area (Å²) in [7, 11) is 1.70. The SMILES string of the molecule is CC(C#N)CN(C)C(=O)c1ccc(CCl)cc1. The standard InChI is InChI=1S/C13H15ClN2O/c1-10(8-15)9-16(2)13(17)12-5-3-11(7-14)4-6-12/h3-6,10H,7,9H2,1-2H3. The minimum atomic E-state index is -0.161. The lowest BCUT2D eigenvalue weighted by Crippen LogP contribution is -2.30. The lowest BCUT2D eigenvalue weighted by molar-refractivity contribution is 0.0785. The second-order valence-corrected chi connectivity index (χ2v) is 4.31. The highest BCUT2D eigenvalue weighted by molar-refractivity contribution is 6.17. The summed E-state index contributed by atoms with van der Waals surface area (Å²) in [4.78, 5) is 13.5. The molecule has 0 aliphatic heterocycles. The summed E-state index contributed by atoms with van der Waals surface area (Å²) in [6, 6.07) is 9.29. The van der Waals surface area contributed by atoms with Gasteiger partial charge in [-0.2, -0.15) is 5.26 Å². The van der Waals surface area contributed by atoms with Crippen molar-refractivity contribution in [3.63, 3.8) is 0 Å². The van der Waals surface area contributed by atoms with Crippen LogP contribution < -0.4 is 0 Å². The lowest BCUT2D eigenvalue weighted by Gasteiger charge is -2.18. The van der Waals surface area contributed by atoms with Gasteiger partial charge in [0.05, 0.1) is 12.0 Å². The number of hydrogen-bond donors (Lipinski definition) is 0. The molecule has 1 amide bonds. The summed E-state index contributed by atoms with van der Waals surface area (Å²) in [5.41, 5.74) is 1.60. The summed E-state index contributed by atoms with van der Waals surface area (Å²) >= 11 is 5.68. The molecular weight excluding hydrogens is 236 g/mol. The van der Waals surface area contributed by atoms with Crippen LogP contribution in [0.2, 0.25) is 0 Å². The highest BCUT2D eigenvalue weighted by Gasteiger charge is 2.13. The van der Waals surface area contributed by atoms with Crippen molar-refractivity contribution in [3.8, 4) is 6.07 Å². The summed E-state index contributed by atoms with van der Waals surface area (Å²) in [6.45, 7) is 2.23. The van der Waals surface area contributed by atoms with Crippen LogP contribution in [-0.4, -0.2) is 24.4 Å². The Balaban J connectivity index is 2.72. The molecule has 0 saturated heterocycles. The van der Waals surface area contributed by atoms with Crippen LogP contribution >= 0.6 is 11.6 Å². The van der Waals surface area contributed by atoms with Gasteiger partial charge in [-0.1, -0.05) is 12.1 Å². The molecule has 17 heavy (non-hydrogen) atoms. The first-order valence-electron chi connectivity index (χ1n) is 5.38. The number of hydrogen-bond acceptors (Lipinski definition) is 2. The molecular formula is C13H15ClN2O. The summed E-state index contributed by atoms with van der Waals surface area (Å²) in [5.74, 6) is 0.203. The van der Waals surface area contributed by atoms with Gasteiger partial charge in [-0.25, -0.2) is 0 Å². The van der Waals surface area contributed by atoms with E-state index in [-0.39, 0.29) is 11.8 Å². The van der Waals surface area contributed by atoms with E-state index in [0.29, 0.717) is 18.0 Å². The van der Waals surface area contributed by atoms with E-state index >= 15 is 0 Å². The van der Waals surface area contributed by atoms with Gasteiger partial charge in [-0.15, -0.1) is 11.6 Å². The number of benzene rings is 1. The van der Waals surface area contributed by atoms with Gasteiger partial charge in [0.15, 0.2) is 0 Å². The van der Waals surface area contributed by atoms with Gasteiger partial charge in [0.1, 0.15) is 0 Å². The Hall–Kier alpha value is -1.53. The largest absolute Gasteiger partial charge is 0.340 e. The molecule has 0 fully saturated rings. The van der Waals surface area contributed by atoms with Crippen LogP contribution in [0.15, 0.2) is 24.3 Å². The Morgan fingerprint density at radius 3 is 2.53 bits per heavy atom. The van der Waals surface area contributed by atoms with Crippen molar-refractivity contribution in [2.24, 2.45) is 5.92 Å². The molecule has 1 rings (SSSR count). The van der Waals surface area contributed by atoms with Gasteiger partial charge in [0.2, 0.25) is 0 Å². The van der Waals surface area contributed by atoms with Gasteiger partial charge >= 0.3 is 0 Å². The number of alkyl halides is 1. The summed E-state index contributed by atoms with van der Waals surface area (Å²) < 4.78 is 0. The molecule has 3 nitrogen and oxygen atoms in total. The van der Waals surface area contributed by atoms with Crippen LogP contribution in [-0.2, 0) is 5.88 Å². The number of carbonyl (C=O) groups excluding carboxylic acids is 1. The Kier molecular flexibility index (Phi) is 4.99. The van der Waals surface area contributed by atoms with Crippen LogP contribution in [0.1, 0.15) is 22.8 Å². The molecule has 1 aromatic carbocycles. The molecule has 1 unspecified atom stereocenters. The zero-order valence-electron chi connectivity index (χ0n) is 9.98. The second kappa shape index (κ2) is 6.27. The van der Waals surface area contributed by atoms with Crippen LogP contribution in [0.5, 0.6) is 0 Å². The van der Waals surface area contributed by atoms with Crippen molar-refractivity contribution in [1.29, 1.82) is 5.26 Å². The number of amides is 1.